The Kier molecular flexibility index (Phi) is 3.65. The first-order chi connectivity index (χ1) is 12.1. The Balaban J connectivity index is 1.47. The van der Waals surface area contributed by atoms with E-state index in [9.17, 15) is 9.59 Å². The normalized spacial score (nSPS) is 11.2. The zero-order valence-corrected chi connectivity index (χ0v) is 13.7. The lowest BCUT2D eigenvalue weighted by Gasteiger charge is -2.07. The predicted octanol–water partition coefficient (Wildman–Crippen LogP) is 2.52. The first kappa shape index (κ1) is 15.3. The van der Waals surface area contributed by atoms with Crippen molar-refractivity contribution in [3.05, 3.63) is 71.0 Å². The molecule has 0 aliphatic carbocycles. The number of aromatic nitrogens is 2. The Hall–Kier alpha value is -3.28. The van der Waals surface area contributed by atoms with Gasteiger partial charge in [0.05, 0.1) is 0 Å². The summed E-state index contributed by atoms with van der Waals surface area (Å²) in [6.07, 6.45) is 3.61. The molecule has 0 aliphatic heterocycles. The van der Waals surface area contributed by atoms with E-state index in [1.807, 2.05) is 49.6 Å². The van der Waals surface area contributed by atoms with Gasteiger partial charge in [-0.05, 0) is 24.3 Å². The Morgan fingerprint density at radius 1 is 1.12 bits per heavy atom. The third kappa shape index (κ3) is 2.71. The van der Waals surface area contributed by atoms with Crippen molar-refractivity contribution in [2.24, 2.45) is 7.05 Å². The van der Waals surface area contributed by atoms with Gasteiger partial charge in [0.15, 0.2) is 5.76 Å². The van der Waals surface area contributed by atoms with E-state index < -0.39 is 0 Å². The lowest BCUT2D eigenvalue weighted by atomic mass is 10.2. The van der Waals surface area contributed by atoms with Crippen LogP contribution in [0.1, 0.15) is 10.6 Å². The fourth-order valence-corrected chi connectivity index (χ4v) is 2.98. The number of para-hydroxylation sites is 1. The minimum absolute atomic E-state index is 0.0667. The van der Waals surface area contributed by atoms with Crippen LogP contribution in [-0.4, -0.2) is 21.6 Å². The van der Waals surface area contributed by atoms with E-state index in [0.29, 0.717) is 24.2 Å². The van der Waals surface area contributed by atoms with Gasteiger partial charge in [-0.1, -0.05) is 18.2 Å². The van der Waals surface area contributed by atoms with Crippen LogP contribution in [0.3, 0.4) is 0 Å². The van der Waals surface area contributed by atoms with Gasteiger partial charge in [0.25, 0.3) is 11.5 Å². The smallest absolute Gasteiger partial charge is 0.287 e. The number of fused-ring (bicyclic) bond motifs is 2. The molecule has 0 aliphatic rings. The van der Waals surface area contributed by atoms with Crippen LogP contribution in [-0.2, 0) is 13.6 Å². The predicted molar refractivity (Wildman–Crippen MR) is 95.7 cm³/mol. The summed E-state index contributed by atoms with van der Waals surface area (Å²) in [7, 11) is 1.84. The maximum Gasteiger partial charge on any atom is 0.287 e. The number of rotatable bonds is 4. The molecular formula is C19H17N3O3. The SMILES string of the molecule is Cn1ccc2ccn(CCNC(=O)c3cc4ccccc4o3)c(=O)c21. The van der Waals surface area contributed by atoms with Crippen molar-refractivity contribution >= 4 is 27.8 Å². The number of hydrogen-bond acceptors (Lipinski definition) is 3. The molecule has 4 rings (SSSR count). The fraction of sp³-hybridized carbons (Fsp3) is 0.158. The molecule has 0 spiro atoms. The highest BCUT2D eigenvalue weighted by atomic mass is 16.3. The molecule has 3 aromatic heterocycles. The molecule has 0 saturated carbocycles. The van der Waals surface area contributed by atoms with Crippen molar-refractivity contribution < 1.29 is 9.21 Å². The lowest BCUT2D eigenvalue weighted by molar-refractivity contribution is 0.0926. The Labute approximate surface area is 143 Å². The highest BCUT2D eigenvalue weighted by Crippen LogP contribution is 2.18. The second kappa shape index (κ2) is 5.98. The topological polar surface area (TPSA) is 69.2 Å². The molecule has 25 heavy (non-hydrogen) atoms. The molecule has 1 aromatic carbocycles. The number of carbonyl (C=O) groups excluding carboxylic acids is 1. The molecule has 3 heterocycles. The number of hydrogen-bond donors (Lipinski definition) is 1. The van der Waals surface area contributed by atoms with Gasteiger partial charge in [0.1, 0.15) is 11.1 Å². The number of benzene rings is 1. The summed E-state index contributed by atoms with van der Waals surface area (Å²) in [4.78, 5) is 24.7. The molecule has 0 atom stereocenters. The van der Waals surface area contributed by atoms with E-state index in [1.165, 1.54) is 0 Å². The minimum Gasteiger partial charge on any atom is -0.451 e. The quantitative estimate of drug-likeness (QED) is 0.623. The highest BCUT2D eigenvalue weighted by molar-refractivity contribution is 5.96. The van der Waals surface area contributed by atoms with Gasteiger partial charge < -0.3 is 18.9 Å². The third-order valence-electron chi connectivity index (χ3n) is 4.29. The first-order valence-corrected chi connectivity index (χ1v) is 8.05. The van der Waals surface area contributed by atoms with Gasteiger partial charge in [-0.3, -0.25) is 9.59 Å². The molecule has 6 nitrogen and oxygen atoms in total. The van der Waals surface area contributed by atoms with Crippen molar-refractivity contribution in [1.82, 2.24) is 14.5 Å². The van der Waals surface area contributed by atoms with Gasteiger partial charge in [-0.2, -0.15) is 0 Å². The molecule has 0 saturated heterocycles. The number of nitrogens with zero attached hydrogens (tertiary/aromatic N) is 2. The summed E-state index contributed by atoms with van der Waals surface area (Å²) in [5.41, 5.74) is 1.27. The number of nitrogens with one attached hydrogen (secondary N) is 1. The number of furan rings is 1. The Morgan fingerprint density at radius 3 is 2.76 bits per heavy atom. The number of amides is 1. The van der Waals surface area contributed by atoms with E-state index in [2.05, 4.69) is 5.32 Å². The monoisotopic (exact) mass is 335 g/mol. The van der Waals surface area contributed by atoms with E-state index in [4.69, 9.17) is 4.42 Å². The van der Waals surface area contributed by atoms with E-state index in [-0.39, 0.29) is 17.2 Å². The van der Waals surface area contributed by atoms with Crippen molar-refractivity contribution in [3.8, 4) is 0 Å². The summed E-state index contributed by atoms with van der Waals surface area (Å²) < 4.78 is 8.94. The van der Waals surface area contributed by atoms with E-state index in [0.717, 1.165) is 10.8 Å². The molecule has 6 heteroatoms. The van der Waals surface area contributed by atoms with Crippen LogP contribution >= 0.6 is 0 Å². The number of pyridine rings is 1. The van der Waals surface area contributed by atoms with Gasteiger partial charge >= 0.3 is 0 Å². The lowest BCUT2D eigenvalue weighted by Crippen LogP contribution is -2.30. The van der Waals surface area contributed by atoms with Crippen LogP contribution in [0.25, 0.3) is 21.9 Å². The van der Waals surface area contributed by atoms with Crippen LogP contribution in [0.2, 0.25) is 0 Å². The second-order valence-electron chi connectivity index (χ2n) is 5.95. The van der Waals surface area contributed by atoms with Gasteiger partial charge in [0.2, 0.25) is 0 Å². The molecule has 0 bridgehead atoms. The molecule has 0 unspecified atom stereocenters. The third-order valence-corrected chi connectivity index (χ3v) is 4.29. The van der Waals surface area contributed by atoms with Crippen molar-refractivity contribution in [1.29, 1.82) is 0 Å². The van der Waals surface area contributed by atoms with E-state index >= 15 is 0 Å². The molecular weight excluding hydrogens is 318 g/mol. The summed E-state index contributed by atoms with van der Waals surface area (Å²) in [5, 5.41) is 4.59. The molecule has 0 radical (unpaired) electrons. The van der Waals surface area contributed by atoms with E-state index in [1.54, 1.807) is 21.4 Å². The first-order valence-electron chi connectivity index (χ1n) is 8.05. The molecule has 4 aromatic rings. The van der Waals surface area contributed by atoms with Crippen molar-refractivity contribution in [2.45, 2.75) is 6.54 Å². The fourth-order valence-electron chi connectivity index (χ4n) is 2.98. The zero-order chi connectivity index (χ0) is 17.4. The summed E-state index contributed by atoms with van der Waals surface area (Å²) in [5.74, 6) is -0.0179. The second-order valence-corrected chi connectivity index (χ2v) is 5.95. The average molecular weight is 335 g/mol. The minimum atomic E-state index is -0.288. The molecule has 126 valence electrons. The van der Waals surface area contributed by atoms with Crippen LogP contribution in [0.4, 0.5) is 0 Å². The zero-order valence-electron chi connectivity index (χ0n) is 13.7. The number of aryl methyl sites for hydroxylation is 1. The maximum atomic E-state index is 12.5. The molecule has 1 N–H and O–H groups in total. The number of carbonyl (C=O) groups is 1. The molecule has 0 fully saturated rings. The van der Waals surface area contributed by atoms with Crippen LogP contribution in [0, 0.1) is 0 Å². The van der Waals surface area contributed by atoms with Crippen molar-refractivity contribution in [2.75, 3.05) is 6.54 Å². The standard InChI is InChI=1S/C19H17N3O3/c1-21-9-6-13-7-10-22(19(24)17(13)21)11-8-20-18(23)16-12-14-4-2-3-5-15(14)25-16/h2-7,9-10,12H,8,11H2,1H3,(H,20,23). The summed E-state index contributed by atoms with van der Waals surface area (Å²) >= 11 is 0. The van der Waals surface area contributed by atoms with Crippen LogP contribution < -0.4 is 10.9 Å². The van der Waals surface area contributed by atoms with Crippen LogP contribution in [0.5, 0.6) is 0 Å². The average Bonchev–Trinajstić information content (AvgIpc) is 3.21. The molecule has 1 amide bonds. The maximum absolute atomic E-state index is 12.5. The van der Waals surface area contributed by atoms with Gasteiger partial charge in [-0.25, -0.2) is 0 Å². The Bertz CT molecular complexity index is 1100. The summed E-state index contributed by atoms with van der Waals surface area (Å²) in [6, 6.07) is 13.0. The summed E-state index contributed by atoms with van der Waals surface area (Å²) in [6.45, 7) is 0.734. The highest BCUT2D eigenvalue weighted by Gasteiger charge is 2.12. The van der Waals surface area contributed by atoms with Gasteiger partial charge in [-0.15, -0.1) is 0 Å². The van der Waals surface area contributed by atoms with Gasteiger partial charge in [0, 0.05) is 43.3 Å². The van der Waals surface area contributed by atoms with Crippen LogP contribution in [0.15, 0.2) is 64.1 Å². The Morgan fingerprint density at radius 2 is 1.92 bits per heavy atom. The van der Waals surface area contributed by atoms with Crippen molar-refractivity contribution in [3.63, 3.8) is 0 Å². The largest absolute Gasteiger partial charge is 0.451 e.